The smallest absolute Gasteiger partial charge is 0.272 e. The van der Waals surface area contributed by atoms with Crippen molar-refractivity contribution < 1.29 is 4.79 Å². The molecule has 1 aromatic heterocycles. The van der Waals surface area contributed by atoms with Gasteiger partial charge in [0, 0.05) is 18.9 Å². The number of amides is 1. The van der Waals surface area contributed by atoms with Crippen LogP contribution in [0.5, 0.6) is 0 Å². The van der Waals surface area contributed by atoms with E-state index in [0.29, 0.717) is 11.9 Å². The van der Waals surface area contributed by atoms with Crippen molar-refractivity contribution in [2.24, 2.45) is 0 Å². The first-order valence-electron chi connectivity index (χ1n) is 5.55. The number of nitrogens with one attached hydrogen (secondary N) is 2. The molecule has 1 aromatic carbocycles. The summed E-state index contributed by atoms with van der Waals surface area (Å²) in [7, 11) is 0. The van der Waals surface area contributed by atoms with Gasteiger partial charge < -0.3 is 5.32 Å². The highest BCUT2D eigenvalue weighted by atomic mass is 16.1. The summed E-state index contributed by atoms with van der Waals surface area (Å²) in [6.45, 7) is 1.96. The van der Waals surface area contributed by atoms with E-state index in [4.69, 9.17) is 0 Å². The summed E-state index contributed by atoms with van der Waals surface area (Å²) in [6, 6.07) is 5.48. The third kappa shape index (κ3) is 2.82. The molecule has 0 saturated heterocycles. The monoisotopic (exact) mass is 243 g/mol. The Morgan fingerprint density at radius 2 is 2.33 bits per heavy atom. The van der Waals surface area contributed by atoms with Crippen LogP contribution >= 0.6 is 0 Å². The number of aromatic nitrogens is 2. The molecule has 5 nitrogen and oxygen atoms in total. The lowest BCUT2D eigenvalue weighted by Gasteiger charge is -1.98. The van der Waals surface area contributed by atoms with Gasteiger partial charge in [-0.2, -0.15) is 5.10 Å². The van der Waals surface area contributed by atoms with E-state index in [0.717, 1.165) is 10.9 Å². The number of rotatable bonds is 3. The first kappa shape index (κ1) is 12.0. The van der Waals surface area contributed by atoms with Crippen molar-refractivity contribution in [2.75, 3.05) is 6.54 Å². The van der Waals surface area contributed by atoms with E-state index in [1.54, 1.807) is 12.3 Å². The fraction of sp³-hybridized carbons (Fsp3) is 0.154. The number of benzene rings is 1. The zero-order valence-electron chi connectivity index (χ0n) is 9.93. The Hall–Kier alpha value is -2.43. The molecule has 2 aromatic rings. The predicted molar refractivity (Wildman–Crippen MR) is 70.1 cm³/mol. The first-order chi connectivity index (χ1) is 8.66. The van der Waals surface area contributed by atoms with E-state index in [1.807, 2.05) is 24.3 Å². The Morgan fingerprint density at radius 3 is 3.11 bits per heavy atom. The summed E-state index contributed by atoms with van der Waals surface area (Å²) in [5, 5.41) is 10.2. The van der Waals surface area contributed by atoms with Gasteiger partial charge >= 0.3 is 0 Å². The maximum atomic E-state index is 11.4. The van der Waals surface area contributed by atoms with Crippen LogP contribution in [-0.4, -0.2) is 22.6 Å². The second-order valence-corrected chi connectivity index (χ2v) is 3.89. The van der Waals surface area contributed by atoms with Gasteiger partial charge in [-0.05, 0) is 17.7 Å². The molecule has 0 fully saturated rings. The minimum Gasteiger partial charge on any atom is -0.353 e. The number of H-pyrrole nitrogens is 1. The van der Waals surface area contributed by atoms with Crippen LogP contribution in [0.15, 0.2) is 35.3 Å². The Bertz CT molecular complexity index is 659. The molecule has 0 spiro atoms. The summed E-state index contributed by atoms with van der Waals surface area (Å²) >= 11 is 0. The molecular weight excluding hydrogens is 230 g/mol. The molecule has 0 saturated carbocycles. The number of hydrogen-bond donors (Lipinski definition) is 2. The molecule has 18 heavy (non-hydrogen) atoms. The van der Waals surface area contributed by atoms with Gasteiger partial charge in [0.2, 0.25) is 5.91 Å². The fourth-order valence-electron chi connectivity index (χ4n) is 1.62. The zero-order chi connectivity index (χ0) is 13.0. The van der Waals surface area contributed by atoms with Crippen LogP contribution in [0.2, 0.25) is 0 Å². The number of carbonyl (C=O) groups is 1. The highest BCUT2D eigenvalue weighted by molar-refractivity contribution is 5.83. The molecule has 0 unspecified atom stereocenters. The molecule has 1 amide bonds. The van der Waals surface area contributed by atoms with Crippen molar-refractivity contribution in [3.8, 4) is 0 Å². The number of fused-ring (bicyclic) bond motifs is 1. The van der Waals surface area contributed by atoms with E-state index in [-0.39, 0.29) is 11.5 Å². The highest BCUT2D eigenvalue weighted by Crippen LogP contribution is 2.11. The van der Waals surface area contributed by atoms with Crippen molar-refractivity contribution in [3.63, 3.8) is 0 Å². The van der Waals surface area contributed by atoms with Crippen molar-refractivity contribution in [3.05, 3.63) is 46.4 Å². The number of nitrogens with zero attached hydrogens (tertiary/aromatic N) is 1. The van der Waals surface area contributed by atoms with E-state index in [1.165, 1.54) is 6.92 Å². The van der Waals surface area contributed by atoms with Crippen LogP contribution in [0.1, 0.15) is 12.5 Å². The van der Waals surface area contributed by atoms with Crippen LogP contribution in [0.25, 0.3) is 16.8 Å². The Morgan fingerprint density at radius 1 is 1.50 bits per heavy atom. The molecule has 5 heteroatoms. The average Bonchev–Trinajstić information content (AvgIpc) is 2.35. The van der Waals surface area contributed by atoms with E-state index in [9.17, 15) is 9.59 Å². The topological polar surface area (TPSA) is 74.8 Å². The largest absolute Gasteiger partial charge is 0.353 e. The summed E-state index contributed by atoms with van der Waals surface area (Å²) in [6.07, 6.45) is 5.35. The molecule has 2 N–H and O–H groups in total. The molecular formula is C13H13N3O2. The maximum absolute atomic E-state index is 11.4. The standard InChI is InChI=1S/C13H13N3O2/c1-9(17)14-6-2-3-10-4-5-12-11(7-10)8-15-16-13(12)18/h2-5,7-8H,6H2,1H3,(H,14,17)(H,16,18). The fourth-order valence-corrected chi connectivity index (χ4v) is 1.62. The molecule has 0 aliphatic carbocycles. The Kier molecular flexibility index (Phi) is 3.52. The van der Waals surface area contributed by atoms with Gasteiger partial charge in [0.25, 0.3) is 5.56 Å². The second kappa shape index (κ2) is 5.27. The third-order valence-corrected chi connectivity index (χ3v) is 2.47. The SMILES string of the molecule is CC(=O)NCC=Cc1ccc2c(=O)[nH]ncc2c1. The lowest BCUT2D eigenvalue weighted by atomic mass is 10.1. The summed E-state index contributed by atoms with van der Waals surface area (Å²) in [5.41, 5.74) is 0.765. The quantitative estimate of drug-likeness (QED) is 0.846. The van der Waals surface area contributed by atoms with Crippen LogP contribution in [0, 0.1) is 0 Å². The van der Waals surface area contributed by atoms with E-state index >= 15 is 0 Å². The molecule has 0 atom stereocenters. The maximum Gasteiger partial charge on any atom is 0.272 e. The van der Waals surface area contributed by atoms with Gasteiger partial charge in [-0.25, -0.2) is 5.10 Å². The van der Waals surface area contributed by atoms with E-state index < -0.39 is 0 Å². The van der Waals surface area contributed by atoms with Crippen LogP contribution in [0.4, 0.5) is 0 Å². The van der Waals surface area contributed by atoms with E-state index in [2.05, 4.69) is 15.5 Å². The predicted octanol–water partition coefficient (Wildman–Crippen LogP) is 1.07. The zero-order valence-corrected chi connectivity index (χ0v) is 9.93. The van der Waals surface area contributed by atoms with Crippen LogP contribution in [-0.2, 0) is 4.79 Å². The van der Waals surface area contributed by atoms with Gasteiger partial charge in [0.05, 0.1) is 11.6 Å². The van der Waals surface area contributed by atoms with Crippen molar-refractivity contribution >= 4 is 22.8 Å². The van der Waals surface area contributed by atoms with Crippen molar-refractivity contribution in [1.82, 2.24) is 15.5 Å². The van der Waals surface area contributed by atoms with Crippen molar-refractivity contribution in [2.45, 2.75) is 6.92 Å². The van der Waals surface area contributed by atoms with Gasteiger partial charge in [-0.3, -0.25) is 9.59 Å². The number of aromatic amines is 1. The molecule has 92 valence electrons. The average molecular weight is 243 g/mol. The lowest BCUT2D eigenvalue weighted by molar-refractivity contribution is -0.118. The minimum absolute atomic E-state index is 0.0612. The Balaban J connectivity index is 2.20. The number of hydrogen-bond acceptors (Lipinski definition) is 3. The molecule has 0 aliphatic rings. The normalized spacial score (nSPS) is 10.9. The minimum atomic E-state index is -0.193. The van der Waals surface area contributed by atoms with Crippen molar-refractivity contribution in [1.29, 1.82) is 0 Å². The molecule has 2 rings (SSSR count). The first-order valence-corrected chi connectivity index (χ1v) is 5.55. The van der Waals surface area contributed by atoms with Crippen LogP contribution < -0.4 is 10.9 Å². The summed E-state index contributed by atoms with van der Waals surface area (Å²) in [4.78, 5) is 22.1. The lowest BCUT2D eigenvalue weighted by Crippen LogP contribution is -2.19. The van der Waals surface area contributed by atoms with Gasteiger partial charge in [0.15, 0.2) is 0 Å². The van der Waals surface area contributed by atoms with Crippen LogP contribution in [0.3, 0.4) is 0 Å². The summed E-state index contributed by atoms with van der Waals surface area (Å²) < 4.78 is 0. The third-order valence-electron chi connectivity index (χ3n) is 2.47. The molecule has 0 bridgehead atoms. The van der Waals surface area contributed by atoms with Gasteiger partial charge in [0.1, 0.15) is 0 Å². The number of carbonyl (C=O) groups excluding carboxylic acids is 1. The Labute approximate surface area is 104 Å². The van der Waals surface area contributed by atoms with Gasteiger partial charge in [-0.15, -0.1) is 0 Å². The highest BCUT2D eigenvalue weighted by Gasteiger charge is 1.98. The molecule has 0 aliphatic heterocycles. The summed E-state index contributed by atoms with van der Waals surface area (Å²) in [5.74, 6) is -0.0612. The van der Waals surface area contributed by atoms with Gasteiger partial charge in [-0.1, -0.05) is 18.2 Å². The molecule has 1 heterocycles. The second-order valence-electron chi connectivity index (χ2n) is 3.89. The molecule has 0 radical (unpaired) electrons.